The highest BCUT2D eigenvalue weighted by Crippen LogP contribution is 2.16. The van der Waals surface area contributed by atoms with Crippen LogP contribution < -0.4 is 30.2 Å². The van der Waals surface area contributed by atoms with E-state index >= 15 is 0 Å². The van der Waals surface area contributed by atoms with Gasteiger partial charge in [-0.25, -0.2) is 4.98 Å². The molecule has 1 heterocycles. The zero-order valence-electron chi connectivity index (χ0n) is 25.4. The van der Waals surface area contributed by atoms with Gasteiger partial charge in [0.15, 0.2) is 0 Å². The van der Waals surface area contributed by atoms with Crippen molar-refractivity contribution in [2.75, 3.05) is 21.3 Å². The maximum Gasteiger partial charge on any atom is 0.475 e. The predicted molar refractivity (Wildman–Crippen MR) is 164 cm³/mol. The third-order valence-electron chi connectivity index (χ3n) is 6.94. The highest BCUT2D eigenvalue weighted by atomic mass is 16.5. The molecule has 0 saturated heterocycles. The number of nitrogens with zero attached hydrogens (tertiary/aromatic N) is 1. The molecule has 0 unspecified atom stereocenters. The first-order chi connectivity index (χ1) is 21.0. The van der Waals surface area contributed by atoms with Crippen molar-refractivity contribution in [3.63, 3.8) is 0 Å². The first-order valence-electron chi connectivity index (χ1n) is 14.1. The lowest BCUT2D eigenvalue weighted by molar-refractivity contribution is -0.131. The number of rotatable bonds is 15. The highest BCUT2D eigenvalue weighted by Gasteiger charge is 2.33. The summed E-state index contributed by atoms with van der Waals surface area (Å²) in [5, 5.41) is 28.2. The van der Waals surface area contributed by atoms with Gasteiger partial charge >= 0.3 is 7.12 Å². The van der Waals surface area contributed by atoms with Crippen LogP contribution in [0, 0.1) is 5.92 Å². The molecule has 12 nitrogen and oxygen atoms in total. The standard InChI is InChI=1S/C31H39BN4O8/c1-19(2)28(31(39)35-26(32(40)41)18-21-11-15-23(43-4)16-12-21)36-30(38)25(17-20-9-13-22(42-3)14-10-20)34-29(37)24-7-6-8-27(33-24)44-5/h6-16,19,25-26,28,40-41H,17-18H2,1-5H3,(H,34,37)(H,35,39)(H,36,38)/t25-,26-,28-/m0/s1. The van der Waals surface area contributed by atoms with Crippen molar-refractivity contribution in [2.45, 2.75) is 44.7 Å². The summed E-state index contributed by atoms with van der Waals surface area (Å²) in [6.45, 7) is 3.49. The minimum absolute atomic E-state index is 0.0494. The number of aromatic nitrogens is 1. The molecule has 3 rings (SSSR count). The molecule has 3 atom stereocenters. The molecule has 0 bridgehead atoms. The summed E-state index contributed by atoms with van der Waals surface area (Å²) in [4.78, 5) is 44.3. The lowest BCUT2D eigenvalue weighted by Crippen LogP contribution is -2.59. The van der Waals surface area contributed by atoms with Gasteiger partial charge in [-0.15, -0.1) is 0 Å². The molecule has 0 saturated carbocycles. The second-order valence-electron chi connectivity index (χ2n) is 10.5. The van der Waals surface area contributed by atoms with Gasteiger partial charge in [0.2, 0.25) is 17.7 Å². The number of hydrogen-bond donors (Lipinski definition) is 5. The third-order valence-corrected chi connectivity index (χ3v) is 6.94. The number of nitrogens with one attached hydrogen (secondary N) is 3. The van der Waals surface area contributed by atoms with Crippen LogP contribution in [0.2, 0.25) is 0 Å². The number of hydrogen-bond acceptors (Lipinski definition) is 9. The lowest BCUT2D eigenvalue weighted by atomic mass is 9.75. The summed E-state index contributed by atoms with van der Waals surface area (Å²) in [5.41, 5.74) is 1.52. The van der Waals surface area contributed by atoms with E-state index in [1.54, 1.807) is 88.7 Å². The molecular formula is C31H39BN4O8. The third kappa shape index (κ3) is 9.71. The van der Waals surface area contributed by atoms with Crippen molar-refractivity contribution < 1.29 is 38.6 Å². The topological polar surface area (TPSA) is 168 Å². The lowest BCUT2D eigenvalue weighted by Gasteiger charge is -2.27. The second-order valence-corrected chi connectivity index (χ2v) is 10.5. The number of benzene rings is 2. The van der Waals surface area contributed by atoms with E-state index in [2.05, 4.69) is 20.9 Å². The van der Waals surface area contributed by atoms with Crippen molar-refractivity contribution in [1.82, 2.24) is 20.9 Å². The molecule has 0 aliphatic heterocycles. The molecule has 5 N–H and O–H groups in total. The monoisotopic (exact) mass is 606 g/mol. The summed E-state index contributed by atoms with van der Waals surface area (Å²) in [6.07, 6.45) is 0.225. The maximum absolute atomic E-state index is 13.7. The Bertz CT molecular complexity index is 1390. The minimum atomic E-state index is -1.86. The van der Waals surface area contributed by atoms with Gasteiger partial charge in [0.25, 0.3) is 5.91 Å². The van der Waals surface area contributed by atoms with Gasteiger partial charge in [-0.05, 0) is 53.8 Å². The number of carbonyl (C=O) groups is 3. The van der Waals surface area contributed by atoms with Crippen LogP contribution in [0.3, 0.4) is 0 Å². The minimum Gasteiger partial charge on any atom is -0.497 e. The molecule has 3 amide bonds. The molecule has 0 spiro atoms. The van der Waals surface area contributed by atoms with Crippen LogP contribution in [0.4, 0.5) is 0 Å². The van der Waals surface area contributed by atoms with E-state index in [0.717, 1.165) is 11.1 Å². The number of carbonyl (C=O) groups excluding carboxylic acids is 3. The Morgan fingerprint density at radius 2 is 1.32 bits per heavy atom. The Kier molecular flexibility index (Phi) is 12.5. The van der Waals surface area contributed by atoms with Gasteiger partial charge < -0.3 is 40.2 Å². The van der Waals surface area contributed by atoms with Gasteiger partial charge in [-0.2, -0.15) is 0 Å². The first kappa shape index (κ1) is 33.9. The average Bonchev–Trinajstić information content (AvgIpc) is 3.03. The van der Waals surface area contributed by atoms with Crippen molar-refractivity contribution in [3.8, 4) is 17.4 Å². The van der Waals surface area contributed by atoms with Gasteiger partial charge in [0, 0.05) is 12.5 Å². The molecule has 13 heteroatoms. The number of ether oxygens (including phenoxy) is 3. The molecular weight excluding hydrogens is 567 g/mol. The Labute approximate surface area is 257 Å². The SMILES string of the molecule is COc1ccc(C[C@H](NC(=O)[C@@H](NC(=O)[C@H](Cc2ccc(OC)cc2)NC(=O)c2cccc(OC)n2)C(C)C)B(O)O)cc1. The smallest absolute Gasteiger partial charge is 0.475 e. The van der Waals surface area contributed by atoms with Crippen molar-refractivity contribution >= 4 is 24.8 Å². The summed E-state index contributed by atoms with van der Waals surface area (Å²) in [5.74, 6) is -1.75. The Morgan fingerprint density at radius 3 is 1.82 bits per heavy atom. The molecule has 0 aliphatic rings. The molecule has 1 aromatic heterocycles. The van der Waals surface area contributed by atoms with E-state index in [0.29, 0.717) is 11.5 Å². The van der Waals surface area contributed by atoms with Gasteiger partial charge in [0.1, 0.15) is 29.3 Å². The van der Waals surface area contributed by atoms with Gasteiger partial charge in [-0.3, -0.25) is 14.4 Å². The maximum atomic E-state index is 13.7. The van der Waals surface area contributed by atoms with E-state index in [1.165, 1.54) is 13.2 Å². The summed E-state index contributed by atoms with van der Waals surface area (Å²) >= 11 is 0. The summed E-state index contributed by atoms with van der Waals surface area (Å²) < 4.78 is 15.5. The van der Waals surface area contributed by atoms with Crippen LogP contribution >= 0.6 is 0 Å². The molecule has 0 fully saturated rings. The number of methoxy groups -OCH3 is 3. The van der Waals surface area contributed by atoms with Gasteiger partial charge in [-0.1, -0.05) is 44.2 Å². The van der Waals surface area contributed by atoms with Crippen LogP contribution in [0.15, 0.2) is 66.7 Å². The highest BCUT2D eigenvalue weighted by molar-refractivity contribution is 6.43. The van der Waals surface area contributed by atoms with Crippen molar-refractivity contribution in [2.24, 2.45) is 5.92 Å². The van der Waals surface area contributed by atoms with Crippen LogP contribution in [-0.2, 0) is 22.4 Å². The second kappa shape index (κ2) is 16.3. The Balaban J connectivity index is 1.79. The van der Waals surface area contributed by atoms with E-state index < -0.39 is 42.9 Å². The first-order valence-corrected chi connectivity index (χ1v) is 14.1. The molecule has 0 aliphatic carbocycles. The zero-order chi connectivity index (χ0) is 32.2. The van der Waals surface area contributed by atoms with Crippen LogP contribution in [0.25, 0.3) is 0 Å². The summed E-state index contributed by atoms with van der Waals surface area (Å²) in [7, 11) is 2.65. The largest absolute Gasteiger partial charge is 0.497 e. The average molecular weight is 606 g/mol. The van der Waals surface area contributed by atoms with Crippen molar-refractivity contribution in [1.29, 1.82) is 0 Å². The predicted octanol–water partition coefficient (Wildman–Crippen LogP) is 1.33. The van der Waals surface area contributed by atoms with Crippen LogP contribution in [0.5, 0.6) is 17.4 Å². The quantitative estimate of drug-likeness (QED) is 0.160. The normalized spacial score (nSPS) is 12.8. The van der Waals surface area contributed by atoms with E-state index in [9.17, 15) is 24.4 Å². The molecule has 0 radical (unpaired) electrons. The summed E-state index contributed by atoms with van der Waals surface area (Å²) in [6, 6.07) is 16.5. The molecule has 44 heavy (non-hydrogen) atoms. The van der Waals surface area contributed by atoms with Crippen LogP contribution in [-0.4, -0.2) is 79.2 Å². The van der Waals surface area contributed by atoms with E-state index in [4.69, 9.17) is 14.2 Å². The fraction of sp³-hybridized carbons (Fsp3) is 0.355. The fourth-order valence-electron chi connectivity index (χ4n) is 4.40. The van der Waals surface area contributed by atoms with E-state index in [1.807, 2.05) is 0 Å². The van der Waals surface area contributed by atoms with Gasteiger partial charge in [0.05, 0.1) is 27.3 Å². The zero-order valence-corrected chi connectivity index (χ0v) is 25.4. The Morgan fingerprint density at radius 1 is 0.750 bits per heavy atom. The Hall–Kier alpha value is -4.62. The molecule has 3 aromatic rings. The van der Waals surface area contributed by atoms with Crippen molar-refractivity contribution in [3.05, 3.63) is 83.6 Å². The fourth-order valence-corrected chi connectivity index (χ4v) is 4.40. The number of pyridine rings is 1. The molecule has 234 valence electrons. The number of amides is 3. The van der Waals surface area contributed by atoms with Crippen LogP contribution in [0.1, 0.15) is 35.5 Å². The van der Waals surface area contributed by atoms with E-state index in [-0.39, 0.29) is 30.3 Å². The molecule has 2 aromatic carbocycles.